The first-order valence-electron chi connectivity index (χ1n) is 9.40. The summed E-state index contributed by atoms with van der Waals surface area (Å²) in [6, 6.07) is 13.4. The molecule has 0 radical (unpaired) electrons. The van der Waals surface area contributed by atoms with Gasteiger partial charge in [-0.3, -0.25) is 0 Å². The van der Waals surface area contributed by atoms with Gasteiger partial charge in [-0.05, 0) is 37.1 Å². The van der Waals surface area contributed by atoms with Crippen LogP contribution in [0.4, 0.5) is 11.6 Å². The molecule has 4 rings (SSSR count). The van der Waals surface area contributed by atoms with Crippen molar-refractivity contribution in [3.8, 4) is 11.6 Å². The lowest BCUT2D eigenvalue weighted by atomic mass is 10.1. The predicted molar refractivity (Wildman–Crippen MR) is 113 cm³/mol. The van der Waals surface area contributed by atoms with Gasteiger partial charge in [0.1, 0.15) is 17.9 Å². The SMILES string of the molecule is COc1ccc(COc2nc(N3c4ccccc4CC3C)ncc2C(=O)O)c(Cl)c1. The number of fused-ring (bicyclic) bond motifs is 1. The summed E-state index contributed by atoms with van der Waals surface area (Å²) in [6.07, 6.45) is 2.14. The number of nitrogens with zero attached hydrogens (tertiary/aromatic N) is 3. The third-order valence-corrected chi connectivity index (χ3v) is 5.37. The number of aromatic nitrogens is 2. The molecule has 2 aromatic carbocycles. The highest BCUT2D eigenvalue weighted by atomic mass is 35.5. The van der Waals surface area contributed by atoms with E-state index in [0.29, 0.717) is 22.3 Å². The van der Waals surface area contributed by atoms with Crippen LogP contribution in [0.15, 0.2) is 48.7 Å². The summed E-state index contributed by atoms with van der Waals surface area (Å²) < 4.78 is 10.9. The smallest absolute Gasteiger partial charge is 0.342 e. The molecule has 2 heterocycles. The van der Waals surface area contributed by atoms with Crippen molar-refractivity contribution in [2.45, 2.75) is 26.0 Å². The van der Waals surface area contributed by atoms with E-state index in [-0.39, 0.29) is 24.1 Å². The topological polar surface area (TPSA) is 84.8 Å². The minimum Gasteiger partial charge on any atom is -0.497 e. The molecule has 0 aliphatic carbocycles. The van der Waals surface area contributed by atoms with Gasteiger partial charge in [0.05, 0.1) is 18.3 Å². The minimum absolute atomic E-state index is 0.00374. The molecule has 0 spiro atoms. The first kappa shape index (κ1) is 20.0. The number of halogens is 1. The average Bonchev–Trinajstić information content (AvgIpc) is 3.08. The number of aromatic carboxylic acids is 1. The number of para-hydroxylation sites is 1. The molecule has 1 aromatic heterocycles. The van der Waals surface area contributed by atoms with Crippen LogP contribution in [0.2, 0.25) is 5.02 Å². The van der Waals surface area contributed by atoms with Crippen LogP contribution in [0.1, 0.15) is 28.4 Å². The normalized spacial score (nSPS) is 15.0. The molecule has 0 bridgehead atoms. The van der Waals surface area contributed by atoms with Crippen molar-refractivity contribution in [2.75, 3.05) is 12.0 Å². The average molecular weight is 426 g/mol. The van der Waals surface area contributed by atoms with Crippen LogP contribution >= 0.6 is 11.6 Å². The van der Waals surface area contributed by atoms with E-state index in [0.717, 1.165) is 12.1 Å². The Morgan fingerprint density at radius 1 is 1.30 bits per heavy atom. The van der Waals surface area contributed by atoms with Gasteiger partial charge in [-0.1, -0.05) is 35.9 Å². The number of anilines is 2. The number of benzene rings is 2. The fourth-order valence-corrected chi connectivity index (χ4v) is 3.74. The van der Waals surface area contributed by atoms with Crippen molar-refractivity contribution in [1.29, 1.82) is 0 Å². The van der Waals surface area contributed by atoms with Gasteiger partial charge in [-0.15, -0.1) is 0 Å². The van der Waals surface area contributed by atoms with Gasteiger partial charge in [0.15, 0.2) is 0 Å². The number of carbonyl (C=O) groups is 1. The van der Waals surface area contributed by atoms with E-state index in [4.69, 9.17) is 21.1 Å². The minimum atomic E-state index is -1.16. The molecule has 0 amide bonds. The van der Waals surface area contributed by atoms with E-state index in [1.54, 1.807) is 25.3 Å². The number of hydrogen-bond donors (Lipinski definition) is 1. The van der Waals surface area contributed by atoms with Gasteiger partial charge in [0, 0.05) is 17.3 Å². The van der Waals surface area contributed by atoms with Crippen LogP contribution < -0.4 is 14.4 Å². The maximum atomic E-state index is 11.7. The molecule has 154 valence electrons. The highest BCUT2D eigenvalue weighted by molar-refractivity contribution is 6.31. The summed E-state index contributed by atoms with van der Waals surface area (Å²) in [7, 11) is 1.56. The van der Waals surface area contributed by atoms with Gasteiger partial charge in [0.25, 0.3) is 0 Å². The molecule has 1 unspecified atom stereocenters. The number of methoxy groups -OCH3 is 1. The fraction of sp³-hybridized carbons (Fsp3) is 0.227. The summed E-state index contributed by atoms with van der Waals surface area (Å²) in [5.74, 6) is -0.141. The molecule has 1 atom stereocenters. The highest BCUT2D eigenvalue weighted by Crippen LogP contribution is 2.37. The van der Waals surface area contributed by atoms with E-state index in [9.17, 15) is 9.90 Å². The van der Waals surface area contributed by atoms with Crippen LogP contribution in [0, 0.1) is 0 Å². The summed E-state index contributed by atoms with van der Waals surface area (Å²) in [4.78, 5) is 22.4. The molecule has 0 saturated carbocycles. The van der Waals surface area contributed by atoms with Crippen molar-refractivity contribution < 1.29 is 19.4 Å². The number of ether oxygens (including phenoxy) is 2. The van der Waals surface area contributed by atoms with E-state index < -0.39 is 5.97 Å². The molecule has 8 heteroatoms. The maximum absolute atomic E-state index is 11.7. The number of carboxylic acid groups (broad SMARTS) is 1. The summed E-state index contributed by atoms with van der Waals surface area (Å²) in [5, 5.41) is 10.00. The van der Waals surface area contributed by atoms with Crippen molar-refractivity contribution in [2.24, 2.45) is 0 Å². The van der Waals surface area contributed by atoms with Crippen LogP contribution in [0.5, 0.6) is 11.6 Å². The third-order valence-electron chi connectivity index (χ3n) is 5.02. The lowest BCUT2D eigenvalue weighted by molar-refractivity contribution is 0.0690. The fourth-order valence-electron chi connectivity index (χ4n) is 3.52. The Hall–Kier alpha value is -3.32. The Bertz CT molecular complexity index is 1110. The van der Waals surface area contributed by atoms with Crippen molar-refractivity contribution in [3.63, 3.8) is 0 Å². The Balaban J connectivity index is 1.65. The van der Waals surface area contributed by atoms with E-state index in [1.165, 1.54) is 11.8 Å². The van der Waals surface area contributed by atoms with Gasteiger partial charge in [0.2, 0.25) is 11.8 Å². The van der Waals surface area contributed by atoms with Crippen molar-refractivity contribution >= 4 is 29.2 Å². The zero-order chi connectivity index (χ0) is 21.3. The predicted octanol–water partition coefficient (Wildman–Crippen LogP) is 4.50. The zero-order valence-corrected chi connectivity index (χ0v) is 17.3. The monoisotopic (exact) mass is 425 g/mol. The Morgan fingerprint density at radius 2 is 2.10 bits per heavy atom. The van der Waals surface area contributed by atoms with Crippen LogP contribution in [-0.4, -0.2) is 34.2 Å². The molecule has 30 heavy (non-hydrogen) atoms. The Kier molecular flexibility index (Phi) is 5.46. The second-order valence-corrected chi connectivity index (χ2v) is 7.40. The largest absolute Gasteiger partial charge is 0.497 e. The van der Waals surface area contributed by atoms with Crippen LogP contribution in [0.25, 0.3) is 0 Å². The van der Waals surface area contributed by atoms with Gasteiger partial charge in [-0.2, -0.15) is 4.98 Å². The van der Waals surface area contributed by atoms with E-state index in [1.807, 2.05) is 23.1 Å². The zero-order valence-electron chi connectivity index (χ0n) is 16.5. The molecular formula is C22H20ClN3O4. The maximum Gasteiger partial charge on any atom is 0.342 e. The number of rotatable bonds is 6. The van der Waals surface area contributed by atoms with Gasteiger partial charge in [-0.25, -0.2) is 9.78 Å². The number of hydrogen-bond acceptors (Lipinski definition) is 6. The van der Waals surface area contributed by atoms with E-state index in [2.05, 4.69) is 23.0 Å². The Labute approximate surface area is 178 Å². The first-order chi connectivity index (χ1) is 14.5. The molecular weight excluding hydrogens is 406 g/mol. The molecule has 0 fully saturated rings. The molecule has 1 N–H and O–H groups in total. The standard InChI is InChI=1S/C22H20ClN3O4/c1-13-9-14-5-3-4-6-19(14)26(13)22-24-11-17(21(27)28)20(25-22)30-12-15-7-8-16(29-2)10-18(15)23/h3-8,10-11,13H,9,12H2,1-2H3,(H,27,28). The van der Waals surface area contributed by atoms with Crippen LogP contribution in [-0.2, 0) is 13.0 Å². The third kappa shape index (κ3) is 3.76. The summed E-state index contributed by atoms with van der Waals surface area (Å²) in [5.41, 5.74) is 2.79. The van der Waals surface area contributed by atoms with E-state index >= 15 is 0 Å². The van der Waals surface area contributed by atoms with Gasteiger partial charge < -0.3 is 19.5 Å². The number of carboxylic acids is 1. The molecule has 0 saturated heterocycles. The molecule has 1 aliphatic heterocycles. The van der Waals surface area contributed by atoms with Crippen molar-refractivity contribution in [3.05, 3.63) is 70.4 Å². The second kappa shape index (κ2) is 8.20. The Morgan fingerprint density at radius 3 is 2.83 bits per heavy atom. The lowest BCUT2D eigenvalue weighted by Crippen LogP contribution is -2.26. The molecule has 3 aromatic rings. The molecule has 7 nitrogen and oxygen atoms in total. The first-order valence-corrected chi connectivity index (χ1v) is 9.78. The summed E-state index contributed by atoms with van der Waals surface area (Å²) >= 11 is 6.27. The quantitative estimate of drug-likeness (QED) is 0.622. The van der Waals surface area contributed by atoms with Gasteiger partial charge >= 0.3 is 5.97 Å². The lowest BCUT2D eigenvalue weighted by Gasteiger charge is -2.23. The second-order valence-electron chi connectivity index (χ2n) is 6.99. The van der Waals surface area contributed by atoms with Crippen LogP contribution in [0.3, 0.4) is 0 Å². The van der Waals surface area contributed by atoms with Crippen molar-refractivity contribution in [1.82, 2.24) is 9.97 Å². The highest BCUT2D eigenvalue weighted by Gasteiger charge is 2.30. The summed E-state index contributed by atoms with van der Waals surface area (Å²) in [6.45, 7) is 2.14. The molecule has 1 aliphatic rings.